The molecule has 27 heavy (non-hydrogen) atoms. The van der Waals surface area contributed by atoms with Crippen molar-refractivity contribution in [3.8, 4) is 0 Å². The van der Waals surface area contributed by atoms with Gasteiger partial charge in [-0.1, -0.05) is 11.6 Å². The molecule has 2 aromatic rings. The third-order valence-corrected chi connectivity index (χ3v) is 6.32. The highest BCUT2D eigenvalue weighted by molar-refractivity contribution is 7.89. The van der Waals surface area contributed by atoms with Gasteiger partial charge in [-0.25, -0.2) is 13.1 Å². The third-order valence-electron chi connectivity index (χ3n) is 4.59. The second-order valence-electron chi connectivity index (χ2n) is 6.54. The van der Waals surface area contributed by atoms with Gasteiger partial charge in [0.15, 0.2) is 0 Å². The summed E-state index contributed by atoms with van der Waals surface area (Å²) < 4.78 is 26.7. The molecule has 7 nitrogen and oxygen atoms in total. The average molecular weight is 411 g/mol. The topological polar surface area (TPSA) is 104 Å². The molecule has 3 N–H and O–H groups in total. The van der Waals surface area contributed by atoms with E-state index in [4.69, 9.17) is 11.6 Å². The number of fused-ring (bicyclic) bond motifs is 1. The third kappa shape index (κ3) is 5.31. The normalized spacial score (nSPS) is 14.0. The maximum atomic E-state index is 12.1. The molecule has 1 aromatic heterocycles. The molecule has 0 saturated carbocycles. The first-order chi connectivity index (χ1) is 13.0. The van der Waals surface area contributed by atoms with Crippen LogP contribution < -0.4 is 10.0 Å². The SMILES string of the molecule is O=C(CCc1n[nH]c2c1CCCC2)NCCNS(=O)(=O)c1ccc(Cl)cc1. The number of amides is 1. The molecule has 0 fully saturated rings. The number of aryl methyl sites for hydroxylation is 2. The number of aromatic amines is 1. The highest BCUT2D eigenvalue weighted by atomic mass is 35.5. The second kappa shape index (κ2) is 8.86. The van der Waals surface area contributed by atoms with E-state index in [0.717, 1.165) is 18.5 Å². The summed E-state index contributed by atoms with van der Waals surface area (Å²) >= 11 is 5.76. The molecule has 0 unspecified atom stereocenters. The largest absolute Gasteiger partial charge is 0.355 e. The van der Waals surface area contributed by atoms with E-state index in [1.54, 1.807) is 0 Å². The van der Waals surface area contributed by atoms with Crippen molar-refractivity contribution >= 4 is 27.5 Å². The number of carbonyl (C=O) groups excluding carboxylic acids is 1. The van der Waals surface area contributed by atoms with Gasteiger partial charge in [0.25, 0.3) is 0 Å². The number of sulfonamides is 1. The predicted molar refractivity (Wildman–Crippen MR) is 103 cm³/mol. The van der Waals surface area contributed by atoms with Crippen molar-refractivity contribution < 1.29 is 13.2 Å². The van der Waals surface area contributed by atoms with E-state index >= 15 is 0 Å². The first kappa shape index (κ1) is 19.9. The molecule has 1 heterocycles. The minimum absolute atomic E-state index is 0.117. The predicted octanol–water partition coefficient (Wildman–Crippen LogP) is 1.97. The number of carbonyl (C=O) groups is 1. The molecule has 0 atom stereocenters. The monoisotopic (exact) mass is 410 g/mol. The van der Waals surface area contributed by atoms with E-state index in [1.807, 2.05) is 0 Å². The van der Waals surface area contributed by atoms with Crippen molar-refractivity contribution in [2.45, 2.75) is 43.4 Å². The Morgan fingerprint density at radius 3 is 2.67 bits per heavy atom. The number of hydrogen-bond donors (Lipinski definition) is 3. The van der Waals surface area contributed by atoms with Crippen LogP contribution in [0.4, 0.5) is 0 Å². The van der Waals surface area contributed by atoms with Crippen LogP contribution in [0.3, 0.4) is 0 Å². The number of H-pyrrole nitrogens is 1. The van der Waals surface area contributed by atoms with Crippen molar-refractivity contribution in [2.75, 3.05) is 13.1 Å². The zero-order chi connectivity index (χ0) is 19.3. The van der Waals surface area contributed by atoms with Crippen molar-refractivity contribution in [2.24, 2.45) is 0 Å². The molecule has 9 heteroatoms. The fourth-order valence-corrected chi connectivity index (χ4v) is 4.32. The number of nitrogens with zero attached hydrogens (tertiary/aromatic N) is 1. The first-order valence-corrected chi connectivity index (χ1v) is 10.9. The Morgan fingerprint density at radius 2 is 1.89 bits per heavy atom. The lowest BCUT2D eigenvalue weighted by Gasteiger charge is -2.11. The molecule has 0 aliphatic heterocycles. The molecule has 1 aromatic carbocycles. The summed E-state index contributed by atoms with van der Waals surface area (Å²) in [6.07, 6.45) is 5.33. The van der Waals surface area contributed by atoms with Gasteiger partial charge in [-0.2, -0.15) is 5.10 Å². The number of aromatic nitrogens is 2. The van der Waals surface area contributed by atoms with Crippen molar-refractivity contribution in [3.63, 3.8) is 0 Å². The smallest absolute Gasteiger partial charge is 0.240 e. The summed E-state index contributed by atoms with van der Waals surface area (Å²) in [5.74, 6) is -0.117. The lowest BCUT2D eigenvalue weighted by Crippen LogP contribution is -2.34. The summed E-state index contributed by atoms with van der Waals surface area (Å²) in [4.78, 5) is 12.1. The molecular formula is C18H23ClN4O3S. The van der Waals surface area contributed by atoms with Gasteiger partial charge in [0, 0.05) is 36.6 Å². The van der Waals surface area contributed by atoms with Gasteiger partial charge in [0.05, 0.1) is 10.6 Å². The molecular weight excluding hydrogens is 388 g/mol. The number of nitrogens with one attached hydrogen (secondary N) is 3. The van der Waals surface area contributed by atoms with Gasteiger partial charge in [0.1, 0.15) is 0 Å². The quantitative estimate of drug-likeness (QED) is 0.578. The second-order valence-corrected chi connectivity index (χ2v) is 8.74. The molecule has 0 saturated heterocycles. The fourth-order valence-electron chi connectivity index (χ4n) is 3.16. The molecule has 1 aliphatic carbocycles. The maximum Gasteiger partial charge on any atom is 0.240 e. The van der Waals surface area contributed by atoms with Crippen LogP contribution >= 0.6 is 11.6 Å². The minimum Gasteiger partial charge on any atom is -0.355 e. The van der Waals surface area contributed by atoms with E-state index in [1.165, 1.54) is 48.4 Å². The van der Waals surface area contributed by atoms with Crippen molar-refractivity contribution in [1.82, 2.24) is 20.2 Å². The molecule has 0 radical (unpaired) electrons. The Labute approximate surface area is 163 Å². The number of benzene rings is 1. The van der Waals surface area contributed by atoms with E-state index in [-0.39, 0.29) is 23.9 Å². The summed E-state index contributed by atoms with van der Waals surface area (Å²) in [7, 11) is -3.61. The van der Waals surface area contributed by atoms with E-state index < -0.39 is 10.0 Å². The Bertz CT molecular complexity index is 894. The van der Waals surface area contributed by atoms with Crippen LogP contribution in [0.1, 0.15) is 36.2 Å². The van der Waals surface area contributed by atoms with E-state index in [9.17, 15) is 13.2 Å². The zero-order valence-corrected chi connectivity index (χ0v) is 16.5. The molecule has 3 rings (SSSR count). The van der Waals surface area contributed by atoms with Crippen LogP contribution in [-0.4, -0.2) is 37.6 Å². The maximum absolute atomic E-state index is 12.1. The molecule has 1 aliphatic rings. The molecule has 0 bridgehead atoms. The number of halogens is 1. The van der Waals surface area contributed by atoms with Gasteiger partial charge < -0.3 is 5.32 Å². The zero-order valence-electron chi connectivity index (χ0n) is 14.9. The Balaban J connectivity index is 1.39. The van der Waals surface area contributed by atoms with Crippen LogP contribution in [0.5, 0.6) is 0 Å². The Kier molecular flexibility index (Phi) is 6.51. The summed E-state index contributed by atoms with van der Waals surface area (Å²) in [5, 5.41) is 10.6. The van der Waals surface area contributed by atoms with Crippen LogP contribution in [0.15, 0.2) is 29.2 Å². The Hall–Kier alpha value is -1.90. The molecule has 1 amide bonds. The number of hydrogen-bond acceptors (Lipinski definition) is 4. The van der Waals surface area contributed by atoms with Crippen LogP contribution in [0.2, 0.25) is 5.02 Å². The Morgan fingerprint density at radius 1 is 1.15 bits per heavy atom. The first-order valence-electron chi connectivity index (χ1n) is 9.02. The van der Waals surface area contributed by atoms with Crippen LogP contribution in [-0.2, 0) is 34.1 Å². The van der Waals surface area contributed by atoms with Gasteiger partial charge in [-0.05, 0) is 55.5 Å². The van der Waals surface area contributed by atoms with E-state index in [0.29, 0.717) is 17.9 Å². The van der Waals surface area contributed by atoms with Gasteiger partial charge in [0.2, 0.25) is 15.9 Å². The van der Waals surface area contributed by atoms with Crippen molar-refractivity contribution in [3.05, 3.63) is 46.2 Å². The van der Waals surface area contributed by atoms with Gasteiger partial charge in [-0.3, -0.25) is 9.89 Å². The van der Waals surface area contributed by atoms with Crippen LogP contribution in [0.25, 0.3) is 0 Å². The summed E-state index contributed by atoms with van der Waals surface area (Å²) in [6, 6.07) is 5.92. The van der Waals surface area contributed by atoms with Crippen LogP contribution in [0, 0.1) is 0 Å². The lowest BCUT2D eigenvalue weighted by atomic mass is 9.95. The lowest BCUT2D eigenvalue weighted by molar-refractivity contribution is -0.121. The highest BCUT2D eigenvalue weighted by Crippen LogP contribution is 2.22. The summed E-state index contributed by atoms with van der Waals surface area (Å²) in [5.41, 5.74) is 3.45. The van der Waals surface area contributed by atoms with Gasteiger partial charge >= 0.3 is 0 Å². The minimum atomic E-state index is -3.61. The molecule has 0 spiro atoms. The fraction of sp³-hybridized carbons (Fsp3) is 0.444. The van der Waals surface area contributed by atoms with Gasteiger partial charge in [-0.15, -0.1) is 0 Å². The standard InChI is InChI=1S/C18H23ClN4O3S/c19-13-5-7-14(8-6-13)27(25,26)21-12-11-20-18(24)10-9-17-15-3-1-2-4-16(15)22-23-17/h5-8,21H,1-4,9-12H2,(H,20,24)(H,22,23). The molecule has 146 valence electrons. The number of rotatable bonds is 8. The highest BCUT2D eigenvalue weighted by Gasteiger charge is 2.17. The average Bonchev–Trinajstić information content (AvgIpc) is 3.07. The van der Waals surface area contributed by atoms with Crippen molar-refractivity contribution in [1.29, 1.82) is 0 Å². The van der Waals surface area contributed by atoms with E-state index in [2.05, 4.69) is 20.2 Å². The summed E-state index contributed by atoms with van der Waals surface area (Å²) in [6.45, 7) is 0.346.